The molecule has 0 aliphatic carbocycles. The number of hydrogen-bond donors (Lipinski definition) is 1. The SMILES string of the molecule is COc1cc2c(Oc3ccc(NC(=O)c4nc(-c5ccccc5)c5c(n4)C4CCN5CC4)cc3F)ccnc2cc1OCCCN1CCOCC1. The fourth-order valence-electron chi connectivity index (χ4n) is 7.10. The summed E-state index contributed by atoms with van der Waals surface area (Å²) in [6, 6.07) is 19.4. The quantitative estimate of drug-likeness (QED) is 0.151. The van der Waals surface area contributed by atoms with Crippen molar-refractivity contribution in [1.29, 1.82) is 0 Å². The van der Waals surface area contributed by atoms with Gasteiger partial charge < -0.3 is 29.2 Å². The monoisotopic (exact) mass is 690 g/mol. The molecule has 0 spiro atoms. The predicted molar refractivity (Wildman–Crippen MR) is 192 cm³/mol. The van der Waals surface area contributed by atoms with Crippen molar-refractivity contribution in [2.75, 3.05) is 69.9 Å². The van der Waals surface area contributed by atoms with Crippen LogP contribution in [0.25, 0.3) is 22.2 Å². The number of carbonyl (C=O) groups is 1. The summed E-state index contributed by atoms with van der Waals surface area (Å²) in [5.74, 6) is 0.668. The molecule has 0 unspecified atom stereocenters. The highest BCUT2D eigenvalue weighted by Crippen LogP contribution is 2.45. The number of ether oxygens (including phenoxy) is 4. The van der Waals surface area contributed by atoms with Crippen molar-refractivity contribution in [3.63, 3.8) is 0 Å². The number of aromatic nitrogens is 3. The molecular formula is C39H39FN6O5. The molecule has 6 heterocycles. The smallest absolute Gasteiger partial charge is 0.293 e. The Labute approximate surface area is 295 Å². The molecule has 2 saturated heterocycles. The topological polar surface area (TPSA) is 111 Å². The van der Waals surface area contributed by atoms with Crippen molar-refractivity contribution in [2.24, 2.45) is 0 Å². The van der Waals surface area contributed by atoms with Gasteiger partial charge in [-0.05, 0) is 43.5 Å². The van der Waals surface area contributed by atoms with Gasteiger partial charge in [0.05, 0.1) is 49.5 Å². The number of methoxy groups -OCH3 is 1. The van der Waals surface area contributed by atoms with Crippen LogP contribution in [0.3, 0.4) is 0 Å². The van der Waals surface area contributed by atoms with Crippen LogP contribution in [0.2, 0.25) is 0 Å². The lowest BCUT2D eigenvalue weighted by Gasteiger charge is -2.42. The number of nitrogens with one attached hydrogen (secondary N) is 1. The van der Waals surface area contributed by atoms with E-state index in [0.29, 0.717) is 34.8 Å². The highest BCUT2D eigenvalue weighted by atomic mass is 19.1. The number of carbonyl (C=O) groups excluding carboxylic acids is 1. The van der Waals surface area contributed by atoms with E-state index in [-0.39, 0.29) is 23.2 Å². The number of anilines is 2. The molecule has 2 aromatic heterocycles. The minimum absolute atomic E-state index is 0.00984. The third-order valence-corrected chi connectivity index (χ3v) is 9.74. The first kappa shape index (κ1) is 32.9. The fourth-order valence-corrected chi connectivity index (χ4v) is 7.10. The van der Waals surface area contributed by atoms with Gasteiger partial charge in [-0.3, -0.25) is 14.7 Å². The number of piperidine rings is 1. The largest absolute Gasteiger partial charge is 0.493 e. The lowest BCUT2D eigenvalue weighted by atomic mass is 9.85. The van der Waals surface area contributed by atoms with Crippen LogP contribution in [0.5, 0.6) is 23.0 Å². The number of nitrogens with zero attached hydrogens (tertiary/aromatic N) is 5. The number of fused-ring (bicyclic) bond motifs is 3. The van der Waals surface area contributed by atoms with Crippen molar-refractivity contribution < 1.29 is 28.1 Å². The van der Waals surface area contributed by atoms with Gasteiger partial charge in [-0.2, -0.15) is 0 Å². The van der Waals surface area contributed by atoms with Gasteiger partial charge in [0, 0.05) is 73.6 Å². The van der Waals surface area contributed by atoms with E-state index in [1.165, 1.54) is 12.1 Å². The Kier molecular flexibility index (Phi) is 9.33. The summed E-state index contributed by atoms with van der Waals surface area (Å²) in [4.78, 5) is 32.2. The van der Waals surface area contributed by atoms with Gasteiger partial charge in [0.1, 0.15) is 5.75 Å². The zero-order valence-corrected chi connectivity index (χ0v) is 28.4. The van der Waals surface area contributed by atoms with Gasteiger partial charge in [-0.15, -0.1) is 0 Å². The lowest BCUT2D eigenvalue weighted by molar-refractivity contribution is 0.0357. The third kappa shape index (κ3) is 6.89. The Morgan fingerprint density at radius 2 is 1.76 bits per heavy atom. The van der Waals surface area contributed by atoms with Gasteiger partial charge in [0.25, 0.3) is 5.91 Å². The third-order valence-electron chi connectivity index (χ3n) is 9.74. The molecule has 9 rings (SSSR count). The number of rotatable bonds is 11. The van der Waals surface area contributed by atoms with Crippen LogP contribution in [0.4, 0.5) is 15.8 Å². The Morgan fingerprint density at radius 3 is 2.55 bits per heavy atom. The highest BCUT2D eigenvalue weighted by Gasteiger charge is 2.36. The Morgan fingerprint density at radius 1 is 0.941 bits per heavy atom. The number of amides is 1. The van der Waals surface area contributed by atoms with Crippen LogP contribution in [-0.4, -0.2) is 85.4 Å². The van der Waals surface area contributed by atoms with Crippen LogP contribution in [0, 0.1) is 5.82 Å². The first-order valence-corrected chi connectivity index (χ1v) is 17.4. The molecule has 0 saturated carbocycles. The summed E-state index contributed by atoms with van der Waals surface area (Å²) < 4.78 is 38.7. The molecular weight excluding hydrogens is 651 g/mol. The maximum Gasteiger partial charge on any atom is 0.293 e. The molecule has 11 nitrogen and oxygen atoms in total. The number of benzene rings is 3. The molecule has 262 valence electrons. The molecule has 51 heavy (non-hydrogen) atoms. The average molecular weight is 691 g/mol. The highest BCUT2D eigenvalue weighted by molar-refractivity contribution is 6.02. The molecule has 5 aromatic rings. The van der Waals surface area contributed by atoms with Crippen LogP contribution in [0.1, 0.15) is 41.5 Å². The fraction of sp³-hybridized carbons (Fsp3) is 0.333. The van der Waals surface area contributed by atoms with E-state index >= 15 is 4.39 Å². The van der Waals surface area contributed by atoms with Gasteiger partial charge in [0.2, 0.25) is 5.82 Å². The number of pyridine rings is 1. The number of halogens is 1. The van der Waals surface area contributed by atoms with Crippen molar-refractivity contribution in [3.05, 3.63) is 90.3 Å². The maximum atomic E-state index is 15.5. The second-order valence-corrected chi connectivity index (χ2v) is 12.9. The van der Waals surface area contributed by atoms with Gasteiger partial charge in [0.15, 0.2) is 23.1 Å². The minimum atomic E-state index is -0.647. The zero-order chi connectivity index (χ0) is 34.7. The molecule has 3 aromatic carbocycles. The molecule has 1 amide bonds. The lowest BCUT2D eigenvalue weighted by Crippen LogP contribution is -2.40. The van der Waals surface area contributed by atoms with Gasteiger partial charge >= 0.3 is 0 Å². The molecule has 2 bridgehead atoms. The normalized spacial score (nSPS) is 15.8. The first-order chi connectivity index (χ1) is 25.0. The molecule has 4 aliphatic heterocycles. The minimum Gasteiger partial charge on any atom is -0.493 e. The summed E-state index contributed by atoms with van der Waals surface area (Å²) in [5.41, 5.74) is 4.46. The number of morpholine rings is 1. The van der Waals surface area contributed by atoms with Crippen molar-refractivity contribution >= 4 is 28.2 Å². The predicted octanol–water partition coefficient (Wildman–Crippen LogP) is 6.68. The van der Waals surface area contributed by atoms with E-state index in [0.717, 1.165) is 87.8 Å². The Bertz CT molecular complexity index is 2050. The van der Waals surface area contributed by atoms with Crippen LogP contribution < -0.4 is 24.4 Å². The van der Waals surface area contributed by atoms with Crippen molar-refractivity contribution in [2.45, 2.75) is 25.2 Å². The van der Waals surface area contributed by atoms with E-state index in [1.807, 2.05) is 30.3 Å². The first-order valence-electron chi connectivity index (χ1n) is 17.4. The van der Waals surface area contributed by atoms with E-state index < -0.39 is 11.7 Å². The molecule has 0 radical (unpaired) electrons. The Balaban J connectivity index is 0.980. The molecule has 1 N–H and O–H groups in total. The summed E-state index contributed by atoms with van der Waals surface area (Å²) >= 11 is 0. The summed E-state index contributed by atoms with van der Waals surface area (Å²) in [7, 11) is 1.57. The summed E-state index contributed by atoms with van der Waals surface area (Å²) in [6.07, 6.45) is 4.46. The van der Waals surface area contributed by atoms with Crippen LogP contribution >= 0.6 is 0 Å². The van der Waals surface area contributed by atoms with E-state index in [2.05, 4.69) is 20.1 Å². The zero-order valence-electron chi connectivity index (χ0n) is 28.4. The van der Waals surface area contributed by atoms with E-state index in [1.54, 1.807) is 37.6 Å². The number of hydrogen-bond acceptors (Lipinski definition) is 10. The van der Waals surface area contributed by atoms with E-state index in [4.69, 9.17) is 28.9 Å². The Hall–Kier alpha value is -5.33. The van der Waals surface area contributed by atoms with Gasteiger partial charge in [-0.1, -0.05) is 30.3 Å². The average Bonchev–Trinajstić information content (AvgIpc) is 3.18. The molecule has 12 heteroatoms. The summed E-state index contributed by atoms with van der Waals surface area (Å²) in [5, 5.41) is 3.42. The standard InChI is InChI=1S/C39H39FN6O5/c1-48-33-23-28-30(24-34(33)50-19-5-14-45-17-20-49-21-18-45)41-13-10-31(28)51-32-9-8-27(22-29(32)40)42-39(47)38-43-35(25-6-3-2-4-7-25)37-36(44-38)26-11-15-46(37)16-12-26/h2-4,6-10,13,22-24,26H,5,11-12,14-21H2,1H3,(H,42,47). The van der Waals surface area contributed by atoms with E-state index in [9.17, 15) is 4.79 Å². The molecule has 0 atom stereocenters. The second-order valence-electron chi connectivity index (χ2n) is 12.9. The second kappa shape index (κ2) is 14.5. The molecule has 2 fully saturated rings. The van der Waals surface area contributed by atoms with Crippen molar-refractivity contribution in [1.82, 2.24) is 19.9 Å². The van der Waals surface area contributed by atoms with Gasteiger partial charge in [-0.25, -0.2) is 14.4 Å². The van der Waals surface area contributed by atoms with Crippen LogP contribution in [-0.2, 0) is 4.74 Å². The summed E-state index contributed by atoms with van der Waals surface area (Å²) in [6.45, 7) is 6.76. The molecule has 4 aliphatic rings. The van der Waals surface area contributed by atoms with Crippen LogP contribution in [0.15, 0.2) is 72.9 Å². The maximum absolute atomic E-state index is 15.5. The van der Waals surface area contributed by atoms with Crippen molar-refractivity contribution in [3.8, 4) is 34.3 Å².